The predicted octanol–water partition coefficient (Wildman–Crippen LogP) is 0.0565. The van der Waals surface area contributed by atoms with E-state index in [4.69, 9.17) is 0 Å². The monoisotopic (exact) mass is 367 g/mol. The van der Waals surface area contributed by atoms with Crippen molar-refractivity contribution in [2.24, 2.45) is 0 Å². The molecule has 0 unspecified atom stereocenters. The van der Waals surface area contributed by atoms with Gasteiger partial charge in [0.2, 0.25) is 15.9 Å². The number of rotatable bonds is 6. The van der Waals surface area contributed by atoms with Gasteiger partial charge in [-0.05, 0) is 49.9 Å². The summed E-state index contributed by atoms with van der Waals surface area (Å²) in [6.45, 7) is 4.90. The molecular formula is C17H23N2O5S-. The molecule has 1 aromatic carbocycles. The molecule has 138 valence electrons. The number of hydrogen-bond acceptors (Lipinski definition) is 5. The fourth-order valence-corrected chi connectivity index (χ4v) is 4.25. The van der Waals surface area contributed by atoms with Gasteiger partial charge in [0.1, 0.15) is 0 Å². The molecule has 0 aromatic heterocycles. The second-order valence-electron chi connectivity index (χ2n) is 6.26. The van der Waals surface area contributed by atoms with Crippen molar-refractivity contribution in [1.29, 1.82) is 0 Å². The minimum Gasteiger partial charge on any atom is -0.550 e. The number of sulfonamides is 1. The summed E-state index contributed by atoms with van der Waals surface area (Å²) in [6.07, 6.45) is 0.229. The van der Waals surface area contributed by atoms with E-state index in [-0.39, 0.29) is 43.2 Å². The third-order valence-electron chi connectivity index (χ3n) is 4.48. The van der Waals surface area contributed by atoms with Crippen molar-refractivity contribution < 1.29 is 23.1 Å². The Hall–Kier alpha value is -1.93. The molecule has 1 aliphatic heterocycles. The average molecular weight is 367 g/mol. The Kier molecular flexibility index (Phi) is 6.18. The summed E-state index contributed by atoms with van der Waals surface area (Å²) in [5.74, 6) is -1.32. The van der Waals surface area contributed by atoms with Crippen LogP contribution in [0, 0.1) is 13.8 Å². The lowest BCUT2D eigenvalue weighted by molar-refractivity contribution is -0.305. The summed E-state index contributed by atoms with van der Waals surface area (Å²) in [6, 6.07) is 5.07. The quantitative estimate of drug-likeness (QED) is 0.708. The number of carboxylic acids is 1. The summed E-state index contributed by atoms with van der Waals surface area (Å²) < 4.78 is 26.8. The summed E-state index contributed by atoms with van der Waals surface area (Å²) in [5, 5.41) is 10.4. The van der Waals surface area contributed by atoms with Crippen molar-refractivity contribution in [3.8, 4) is 0 Å². The van der Waals surface area contributed by atoms with Crippen LogP contribution in [0.15, 0.2) is 23.1 Å². The molecule has 7 nitrogen and oxygen atoms in total. The van der Waals surface area contributed by atoms with Gasteiger partial charge in [-0.1, -0.05) is 6.07 Å². The summed E-state index contributed by atoms with van der Waals surface area (Å²) in [5.41, 5.74) is 1.95. The van der Waals surface area contributed by atoms with Crippen molar-refractivity contribution >= 4 is 21.9 Å². The second-order valence-corrected chi connectivity index (χ2v) is 8.19. The molecule has 0 N–H and O–H groups in total. The molecule has 0 saturated carbocycles. The van der Waals surface area contributed by atoms with Crippen LogP contribution in [0.5, 0.6) is 0 Å². The van der Waals surface area contributed by atoms with Gasteiger partial charge in [-0.25, -0.2) is 8.42 Å². The van der Waals surface area contributed by atoms with Crippen LogP contribution in [0.1, 0.15) is 30.4 Å². The zero-order valence-corrected chi connectivity index (χ0v) is 15.3. The van der Waals surface area contributed by atoms with Gasteiger partial charge >= 0.3 is 0 Å². The predicted molar refractivity (Wildman–Crippen MR) is 90.1 cm³/mol. The van der Waals surface area contributed by atoms with Crippen molar-refractivity contribution in [2.45, 2.75) is 38.0 Å². The summed E-state index contributed by atoms with van der Waals surface area (Å²) >= 11 is 0. The molecule has 1 aromatic rings. The van der Waals surface area contributed by atoms with Crippen LogP contribution in [-0.2, 0) is 19.6 Å². The number of hydrogen-bond donors (Lipinski definition) is 0. The minimum atomic E-state index is -3.57. The first-order valence-electron chi connectivity index (χ1n) is 8.27. The van der Waals surface area contributed by atoms with Gasteiger partial charge in [-0.2, -0.15) is 4.31 Å². The van der Waals surface area contributed by atoms with E-state index >= 15 is 0 Å². The van der Waals surface area contributed by atoms with Gasteiger partial charge in [0.05, 0.1) is 4.90 Å². The molecule has 25 heavy (non-hydrogen) atoms. The molecule has 1 aliphatic rings. The molecule has 0 bridgehead atoms. The van der Waals surface area contributed by atoms with Crippen LogP contribution >= 0.6 is 0 Å². The van der Waals surface area contributed by atoms with E-state index in [9.17, 15) is 23.1 Å². The second kappa shape index (κ2) is 7.97. The fraction of sp³-hybridized carbons (Fsp3) is 0.529. The Balaban J connectivity index is 1.95. The maximum Gasteiger partial charge on any atom is 0.243 e. The standard InChI is InChI=1S/C17H24N2O5S/c1-13-6-7-15(12-14(13)2)25(23,24)19-10-8-18(9-11-19)16(20)4-3-5-17(21)22/h6-7,12H,3-5,8-11H2,1-2H3,(H,21,22)/p-1. The third-order valence-corrected chi connectivity index (χ3v) is 6.37. The average Bonchev–Trinajstić information content (AvgIpc) is 2.57. The SMILES string of the molecule is Cc1ccc(S(=O)(=O)N2CCN(C(=O)CCCC(=O)[O-])CC2)cc1C. The van der Waals surface area contributed by atoms with Crippen LogP contribution in [-0.4, -0.2) is 55.7 Å². The Bertz CT molecular complexity index is 752. The first-order chi connectivity index (χ1) is 11.7. The molecule has 2 rings (SSSR count). The smallest absolute Gasteiger partial charge is 0.243 e. The van der Waals surface area contributed by atoms with Crippen LogP contribution < -0.4 is 5.11 Å². The number of piperazine rings is 1. The Morgan fingerprint density at radius 1 is 1.04 bits per heavy atom. The Morgan fingerprint density at radius 3 is 2.24 bits per heavy atom. The lowest BCUT2D eigenvalue weighted by Crippen LogP contribution is -2.50. The van der Waals surface area contributed by atoms with E-state index in [0.29, 0.717) is 13.1 Å². The van der Waals surface area contributed by atoms with Gasteiger partial charge in [-0.15, -0.1) is 0 Å². The zero-order valence-electron chi connectivity index (χ0n) is 14.5. The van der Waals surface area contributed by atoms with Crippen molar-refractivity contribution in [3.63, 3.8) is 0 Å². The molecule has 1 heterocycles. The van der Waals surface area contributed by atoms with Crippen molar-refractivity contribution in [2.75, 3.05) is 26.2 Å². The van der Waals surface area contributed by atoms with Crippen molar-refractivity contribution in [1.82, 2.24) is 9.21 Å². The van der Waals surface area contributed by atoms with E-state index in [1.807, 2.05) is 13.8 Å². The molecule has 0 radical (unpaired) electrons. The number of aliphatic carboxylic acids is 1. The van der Waals surface area contributed by atoms with Crippen LogP contribution in [0.3, 0.4) is 0 Å². The Labute approximate surface area is 148 Å². The fourth-order valence-electron chi connectivity index (χ4n) is 2.74. The van der Waals surface area contributed by atoms with E-state index in [0.717, 1.165) is 11.1 Å². The lowest BCUT2D eigenvalue weighted by Gasteiger charge is -2.34. The van der Waals surface area contributed by atoms with Gasteiger partial charge in [0, 0.05) is 38.6 Å². The lowest BCUT2D eigenvalue weighted by atomic mass is 10.1. The van der Waals surface area contributed by atoms with Gasteiger partial charge < -0.3 is 14.8 Å². The Morgan fingerprint density at radius 2 is 1.68 bits per heavy atom. The largest absolute Gasteiger partial charge is 0.550 e. The normalized spacial score (nSPS) is 16.0. The highest BCUT2D eigenvalue weighted by Crippen LogP contribution is 2.20. The van der Waals surface area contributed by atoms with Gasteiger partial charge in [-0.3, -0.25) is 4.79 Å². The molecular weight excluding hydrogens is 344 g/mol. The number of amides is 1. The van der Waals surface area contributed by atoms with Crippen LogP contribution in [0.2, 0.25) is 0 Å². The van der Waals surface area contributed by atoms with Gasteiger partial charge in [0.25, 0.3) is 0 Å². The first kappa shape index (κ1) is 19.4. The third kappa shape index (κ3) is 4.79. The van der Waals surface area contributed by atoms with E-state index in [2.05, 4.69) is 0 Å². The number of carbonyl (C=O) groups excluding carboxylic acids is 2. The number of aryl methyl sites for hydroxylation is 2. The highest BCUT2D eigenvalue weighted by Gasteiger charge is 2.30. The highest BCUT2D eigenvalue weighted by molar-refractivity contribution is 7.89. The van der Waals surface area contributed by atoms with E-state index in [1.165, 1.54) is 4.31 Å². The van der Waals surface area contributed by atoms with Crippen molar-refractivity contribution in [3.05, 3.63) is 29.3 Å². The first-order valence-corrected chi connectivity index (χ1v) is 9.71. The molecule has 1 saturated heterocycles. The molecule has 1 fully saturated rings. The van der Waals surface area contributed by atoms with E-state index in [1.54, 1.807) is 23.1 Å². The number of carbonyl (C=O) groups is 2. The number of benzene rings is 1. The molecule has 0 aliphatic carbocycles. The van der Waals surface area contributed by atoms with E-state index < -0.39 is 16.0 Å². The summed E-state index contributed by atoms with van der Waals surface area (Å²) in [4.78, 5) is 24.3. The van der Waals surface area contributed by atoms with Crippen LogP contribution in [0.4, 0.5) is 0 Å². The number of carboxylic acid groups (broad SMARTS) is 1. The molecule has 0 atom stereocenters. The molecule has 8 heteroatoms. The minimum absolute atomic E-state index is 0.137. The maximum absolute atomic E-state index is 12.7. The molecule has 0 spiro atoms. The van der Waals surface area contributed by atoms with Gasteiger partial charge in [0.15, 0.2) is 0 Å². The van der Waals surface area contributed by atoms with Crippen LogP contribution in [0.25, 0.3) is 0 Å². The summed E-state index contributed by atoms with van der Waals surface area (Å²) in [7, 11) is -3.57. The number of nitrogens with zero attached hydrogens (tertiary/aromatic N) is 2. The maximum atomic E-state index is 12.7. The molecule has 1 amide bonds. The highest BCUT2D eigenvalue weighted by atomic mass is 32.2. The topological polar surface area (TPSA) is 97.8 Å². The zero-order chi connectivity index (χ0) is 18.6.